The molecule has 2 N–H and O–H groups in total. The van der Waals surface area contributed by atoms with Crippen LogP contribution in [0.2, 0.25) is 0 Å². The summed E-state index contributed by atoms with van der Waals surface area (Å²) in [6, 6.07) is 9.52. The number of rotatable bonds is 2. The van der Waals surface area contributed by atoms with Crippen LogP contribution < -0.4 is 5.32 Å². The molecule has 2 amide bonds. The van der Waals surface area contributed by atoms with Crippen molar-refractivity contribution >= 4 is 28.6 Å². The zero-order chi connectivity index (χ0) is 14.8. The molecule has 0 spiro atoms. The van der Waals surface area contributed by atoms with Gasteiger partial charge in [0, 0.05) is 18.5 Å². The second-order valence-corrected chi connectivity index (χ2v) is 5.12. The number of carboxylic acid groups (broad SMARTS) is 1. The number of para-hydroxylation sites is 1. The van der Waals surface area contributed by atoms with Gasteiger partial charge >= 0.3 is 6.09 Å². The SMILES string of the molecule is O=C(Nc1cnc2ccccc2c1)[C@H]1CCN(C(=O)O)C1. The number of anilines is 1. The van der Waals surface area contributed by atoms with Gasteiger partial charge in [-0.25, -0.2) is 4.79 Å². The molecular formula is C15H15N3O3. The van der Waals surface area contributed by atoms with E-state index in [0.29, 0.717) is 18.7 Å². The topological polar surface area (TPSA) is 82.5 Å². The minimum Gasteiger partial charge on any atom is -0.465 e. The fourth-order valence-electron chi connectivity index (χ4n) is 2.53. The molecule has 0 unspecified atom stereocenters. The van der Waals surface area contributed by atoms with Crippen molar-refractivity contribution in [2.45, 2.75) is 6.42 Å². The average molecular weight is 285 g/mol. The van der Waals surface area contributed by atoms with Crippen LogP contribution in [0.4, 0.5) is 10.5 Å². The van der Waals surface area contributed by atoms with E-state index in [0.717, 1.165) is 10.9 Å². The second-order valence-electron chi connectivity index (χ2n) is 5.12. The molecule has 2 aromatic rings. The monoisotopic (exact) mass is 285 g/mol. The largest absolute Gasteiger partial charge is 0.465 e. The summed E-state index contributed by atoms with van der Waals surface area (Å²) in [5.41, 5.74) is 1.50. The number of carbonyl (C=O) groups is 2. The summed E-state index contributed by atoms with van der Waals surface area (Å²) in [7, 11) is 0. The van der Waals surface area contributed by atoms with Gasteiger partial charge in [0.15, 0.2) is 0 Å². The molecule has 1 aromatic carbocycles. The number of nitrogens with one attached hydrogen (secondary N) is 1. The molecule has 6 heteroatoms. The highest BCUT2D eigenvalue weighted by molar-refractivity contribution is 5.95. The summed E-state index contributed by atoms with van der Waals surface area (Å²) >= 11 is 0. The fraction of sp³-hybridized carbons (Fsp3) is 0.267. The van der Waals surface area contributed by atoms with Gasteiger partial charge in [-0.3, -0.25) is 9.78 Å². The Hall–Kier alpha value is -2.63. The Morgan fingerprint density at radius 1 is 1.33 bits per heavy atom. The highest BCUT2D eigenvalue weighted by Crippen LogP contribution is 2.20. The Labute approximate surface area is 121 Å². The number of amides is 2. The van der Waals surface area contributed by atoms with Gasteiger partial charge in [0.2, 0.25) is 5.91 Å². The zero-order valence-electron chi connectivity index (χ0n) is 11.3. The molecule has 1 saturated heterocycles. The molecule has 0 radical (unpaired) electrons. The average Bonchev–Trinajstić information content (AvgIpc) is 2.97. The summed E-state index contributed by atoms with van der Waals surface area (Å²) in [6.45, 7) is 0.658. The first-order valence-electron chi connectivity index (χ1n) is 6.77. The van der Waals surface area contributed by atoms with Crippen LogP contribution in [-0.4, -0.2) is 40.1 Å². The van der Waals surface area contributed by atoms with E-state index in [-0.39, 0.29) is 18.4 Å². The molecule has 0 bridgehead atoms. The molecule has 1 atom stereocenters. The summed E-state index contributed by atoms with van der Waals surface area (Å²) in [5.74, 6) is -0.455. The molecule has 6 nitrogen and oxygen atoms in total. The summed E-state index contributed by atoms with van der Waals surface area (Å²) < 4.78 is 0. The molecule has 2 heterocycles. The number of hydrogen-bond acceptors (Lipinski definition) is 3. The Kier molecular flexibility index (Phi) is 3.43. The van der Waals surface area contributed by atoms with Gasteiger partial charge in [-0.15, -0.1) is 0 Å². The van der Waals surface area contributed by atoms with Crippen LogP contribution in [0.3, 0.4) is 0 Å². The van der Waals surface area contributed by atoms with E-state index in [2.05, 4.69) is 10.3 Å². The highest BCUT2D eigenvalue weighted by atomic mass is 16.4. The third kappa shape index (κ3) is 2.79. The lowest BCUT2D eigenvalue weighted by atomic mass is 10.1. The minimum atomic E-state index is -0.974. The lowest BCUT2D eigenvalue weighted by Gasteiger charge is -2.12. The van der Waals surface area contributed by atoms with Crippen molar-refractivity contribution in [1.82, 2.24) is 9.88 Å². The first kappa shape index (κ1) is 13.4. The number of benzene rings is 1. The number of carbonyl (C=O) groups excluding carboxylic acids is 1. The number of nitrogens with zero attached hydrogens (tertiary/aromatic N) is 2. The van der Waals surface area contributed by atoms with Gasteiger partial charge in [-0.1, -0.05) is 18.2 Å². The Morgan fingerprint density at radius 2 is 2.14 bits per heavy atom. The van der Waals surface area contributed by atoms with Crippen molar-refractivity contribution in [2.75, 3.05) is 18.4 Å². The Bertz CT molecular complexity index is 701. The molecule has 108 valence electrons. The van der Waals surface area contributed by atoms with E-state index in [4.69, 9.17) is 5.11 Å². The van der Waals surface area contributed by atoms with Gasteiger partial charge in [-0.05, 0) is 18.6 Å². The molecule has 1 aromatic heterocycles. The molecule has 21 heavy (non-hydrogen) atoms. The summed E-state index contributed by atoms with van der Waals surface area (Å²) in [5, 5.41) is 12.7. The lowest BCUT2D eigenvalue weighted by molar-refractivity contribution is -0.119. The molecule has 1 aliphatic heterocycles. The van der Waals surface area contributed by atoms with E-state index in [1.165, 1.54) is 4.90 Å². The highest BCUT2D eigenvalue weighted by Gasteiger charge is 2.30. The normalized spacial score (nSPS) is 17.9. The Morgan fingerprint density at radius 3 is 2.90 bits per heavy atom. The maximum atomic E-state index is 12.2. The minimum absolute atomic E-state index is 0.157. The molecule has 0 aliphatic carbocycles. The van der Waals surface area contributed by atoms with Crippen LogP contribution in [-0.2, 0) is 4.79 Å². The molecule has 1 fully saturated rings. The van der Waals surface area contributed by atoms with E-state index < -0.39 is 6.09 Å². The first-order valence-corrected chi connectivity index (χ1v) is 6.77. The number of likely N-dealkylation sites (tertiary alicyclic amines) is 1. The number of hydrogen-bond donors (Lipinski definition) is 2. The summed E-state index contributed by atoms with van der Waals surface area (Å²) in [4.78, 5) is 28.6. The lowest BCUT2D eigenvalue weighted by Crippen LogP contribution is -2.30. The van der Waals surface area contributed by atoms with Crippen LogP contribution >= 0.6 is 0 Å². The van der Waals surface area contributed by atoms with Crippen LogP contribution in [0.5, 0.6) is 0 Å². The predicted octanol–water partition coefficient (Wildman–Crippen LogP) is 2.17. The molecule has 3 rings (SSSR count). The predicted molar refractivity (Wildman–Crippen MR) is 78.1 cm³/mol. The number of pyridine rings is 1. The van der Waals surface area contributed by atoms with Gasteiger partial charge in [0.25, 0.3) is 0 Å². The standard InChI is InChI=1S/C15H15N3O3/c19-14(11-5-6-18(9-11)15(20)21)17-12-7-10-3-1-2-4-13(10)16-8-12/h1-4,7-8,11H,5-6,9H2,(H,17,19)(H,20,21)/t11-/m0/s1. The second kappa shape index (κ2) is 5.40. The number of aromatic nitrogens is 1. The van der Waals surface area contributed by atoms with E-state index in [1.807, 2.05) is 30.3 Å². The van der Waals surface area contributed by atoms with Gasteiger partial charge < -0.3 is 15.3 Å². The van der Waals surface area contributed by atoms with Crippen molar-refractivity contribution < 1.29 is 14.7 Å². The van der Waals surface area contributed by atoms with Gasteiger partial charge in [0.05, 0.1) is 23.3 Å². The summed E-state index contributed by atoms with van der Waals surface area (Å²) in [6.07, 6.45) is 1.20. The van der Waals surface area contributed by atoms with Crippen LogP contribution in [0.25, 0.3) is 10.9 Å². The van der Waals surface area contributed by atoms with Gasteiger partial charge in [-0.2, -0.15) is 0 Å². The Balaban J connectivity index is 1.70. The van der Waals surface area contributed by atoms with Crippen LogP contribution in [0.1, 0.15) is 6.42 Å². The van der Waals surface area contributed by atoms with E-state index >= 15 is 0 Å². The van der Waals surface area contributed by atoms with Crippen molar-refractivity contribution in [1.29, 1.82) is 0 Å². The van der Waals surface area contributed by atoms with Crippen molar-refractivity contribution in [3.05, 3.63) is 36.5 Å². The van der Waals surface area contributed by atoms with Crippen LogP contribution in [0, 0.1) is 5.92 Å². The third-order valence-corrected chi connectivity index (χ3v) is 3.69. The molecule has 0 saturated carbocycles. The maximum absolute atomic E-state index is 12.2. The maximum Gasteiger partial charge on any atom is 0.407 e. The molecule has 1 aliphatic rings. The van der Waals surface area contributed by atoms with Crippen LogP contribution in [0.15, 0.2) is 36.5 Å². The zero-order valence-corrected chi connectivity index (χ0v) is 11.3. The van der Waals surface area contributed by atoms with Crippen molar-refractivity contribution in [3.8, 4) is 0 Å². The smallest absolute Gasteiger partial charge is 0.407 e. The molecular weight excluding hydrogens is 270 g/mol. The van der Waals surface area contributed by atoms with Crippen molar-refractivity contribution in [2.24, 2.45) is 5.92 Å². The fourth-order valence-corrected chi connectivity index (χ4v) is 2.53. The van der Waals surface area contributed by atoms with Crippen molar-refractivity contribution in [3.63, 3.8) is 0 Å². The van der Waals surface area contributed by atoms with E-state index in [1.54, 1.807) is 6.20 Å². The third-order valence-electron chi connectivity index (χ3n) is 3.69. The quantitative estimate of drug-likeness (QED) is 0.886. The van der Waals surface area contributed by atoms with Gasteiger partial charge in [0.1, 0.15) is 0 Å². The first-order chi connectivity index (χ1) is 10.1. The van der Waals surface area contributed by atoms with E-state index in [9.17, 15) is 9.59 Å². The number of fused-ring (bicyclic) bond motifs is 1.